The Morgan fingerprint density at radius 3 is 0.947 bits per heavy atom. The van der Waals surface area contributed by atoms with Gasteiger partial charge in [0.15, 0.2) is 0 Å². The Balaban J connectivity index is -0.000000203. The van der Waals surface area contributed by atoms with Crippen LogP contribution >= 0.6 is 9.24 Å². The zero-order chi connectivity index (χ0) is 15.4. The third-order valence-corrected chi connectivity index (χ3v) is 2.12. The van der Waals surface area contributed by atoms with Gasteiger partial charge in [-0.05, 0) is 38.5 Å². The second-order valence-electron chi connectivity index (χ2n) is 3.74. The van der Waals surface area contributed by atoms with Gasteiger partial charge in [-0.15, -0.1) is 9.24 Å². The molecule has 7 heteroatoms. The Bertz CT molecular complexity index is 111. The summed E-state index contributed by atoms with van der Waals surface area (Å²) in [6.45, 7) is 0.952. The third kappa shape index (κ3) is 45.9. The van der Waals surface area contributed by atoms with Gasteiger partial charge in [0.1, 0.15) is 0 Å². The van der Waals surface area contributed by atoms with E-state index in [4.69, 9.17) is 30.6 Å². The van der Waals surface area contributed by atoms with Gasteiger partial charge in [0.2, 0.25) is 0 Å². The van der Waals surface area contributed by atoms with E-state index in [2.05, 4.69) is 9.24 Å². The molecule has 6 N–H and O–H groups in total. The molecule has 0 heterocycles. The molecule has 19 heavy (non-hydrogen) atoms. The standard InChI is InChI=1S/C4H11O2P.2C4H10O2/c5-3-1-2-4(6)7;2*5-3-1-2-4-6/h4-6H,1-3,7H2;2*5-6H,1-4H2. The van der Waals surface area contributed by atoms with Gasteiger partial charge >= 0.3 is 0 Å². The van der Waals surface area contributed by atoms with E-state index in [9.17, 15) is 0 Å². The topological polar surface area (TPSA) is 121 Å². The Hall–Kier alpha value is 0.190. The van der Waals surface area contributed by atoms with Gasteiger partial charge < -0.3 is 30.6 Å². The van der Waals surface area contributed by atoms with E-state index < -0.39 is 0 Å². The van der Waals surface area contributed by atoms with Crippen molar-refractivity contribution in [1.82, 2.24) is 0 Å². The van der Waals surface area contributed by atoms with E-state index in [0.29, 0.717) is 12.8 Å². The van der Waals surface area contributed by atoms with Crippen LogP contribution < -0.4 is 0 Å². The summed E-state index contributed by atoms with van der Waals surface area (Å²) in [4.78, 5) is 0. The lowest BCUT2D eigenvalue weighted by Gasteiger charge is -1.97. The van der Waals surface area contributed by atoms with Gasteiger partial charge in [-0.3, -0.25) is 0 Å². The molecular formula is C12H31O6P. The fraction of sp³-hybridized carbons (Fsp3) is 1.00. The molecule has 0 fully saturated rings. The number of unbranched alkanes of at least 4 members (excludes halogenated alkanes) is 2. The minimum atomic E-state index is -0.341. The predicted octanol–water partition coefficient (Wildman–Crippen LogP) is -0.545. The predicted molar refractivity (Wildman–Crippen MR) is 78.8 cm³/mol. The molecule has 120 valence electrons. The van der Waals surface area contributed by atoms with E-state index in [1.165, 1.54) is 0 Å². The first kappa shape index (κ1) is 24.2. The highest BCUT2D eigenvalue weighted by atomic mass is 31.0. The molecule has 0 aromatic carbocycles. The molecular weight excluding hydrogens is 271 g/mol. The summed E-state index contributed by atoms with van der Waals surface area (Å²) in [5.41, 5.74) is 0. The zero-order valence-corrected chi connectivity index (χ0v) is 12.8. The third-order valence-electron chi connectivity index (χ3n) is 1.79. The quantitative estimate of drug-likeness (QED) is 0.251. The summed E-state index contributed by atoms with van der Waals surface area (Å²) in [5, 5.41) is 49.1. The first-order valence-corrected chi connectivity index (χ1v) is 7.25. The lowest BCUT2D eigenvalue weighted by molar-refractivity contribution is 0.220. The van der Waals surface area contributed by atoms with Crippen molar-refractivity contribution in [2.45, 2.75) is 44.4 Å². The monoisotopic (exact) mass is 302 g/mol. The highest BCUT2D eigenvalue weighted by Gasteiger charge is 1.91. The van der Waals surface area contributed by atoms with Crippen molar-refractivity contribution in [2.24, 2.45) is 0 Å². The molecule has 0 radical (unpaired) electrons. The largest absolute Gasteiger partial charge is 0.396 e. The van der Waals surface area contributed by atoms with Crippen molar-refractivity contribution in [3.05, 3.63) is 0 Å². The Labute approximate surface area is 118 Å². The van der Waals surface area contributed by atoms with Crippen LogP contribution in [0.4, 0.5) is 0 Å². The molecule has 0 aliphatic carbocycles. The second kappa shape index (κ2) is 26.7. The summed E-state index contributed by atoms with van der Waals surface area (Å²) in [5.74, 6) is -0.341. The number of rotatable bonds is 9. The molecule has 0 aliphatic rings. The van der Waals surface area contributed by atoms with Crippen molar-refractivity contribution < 1.29 is 30.6 Å². The molecule has 6 nitrogen and oxygen atoms in total. The highest BCUT2D eigenvalue weighted by Crippen LogP contribution is 2.01. The van der Waals surface area contributed by atoms with Gasteiger partial charge in [-0.1, -0.05) is 0 Å². The van der Waals surface area contributed by atoms with Crippen LogP contribution in [0.5, 0.6) is 0 Å². The van der Waals surface area contributed by atoms with Crippen LogP contribution in [0.3, 0.4) is 0 Å². The summed E-state index contributed by atoms with van der Waals surface area (Å²) < 4.78 is 0. The summed E-state index contributed by atoms with van der Waals surface area (Å²) >= 11 is 0. The smallest absolute Gasteiger partial charge is 0.0674 e. The molecule has 0 spiro atoms. The van der Waals surface area contributed by atoms with E-state index in [-0.39, 0.29) is 38.9 Å². The van der Waals surface area contributed by atoms with E-state index in [1.54, 1.807) is 0 Å². The van der Waals surface area contributed by atoms with Crippen LogP contribution in [0.15, 0.2) is 0 Å². The van der Waals surface area contributed by atoms with Crippen molar-refractivity contribution in [3.8, 4) is 0 Å². The van der Waals surface area contributed by atoms with Crippen LogP contribution in [0.2, 0.25) is 0 Å². The normalized spacial score (nSPS) is 10.9. The highest BCUT2D eigenvalue weighted by molar-refractivity contribution is 7.17. The van der Waals surface area contributed by atoms with Crippen molar-refractivity contribution in [2.75, 3.05) is 33.0 Å². The molecule has 0 aromatic rings. The molecule has 0 aromatic heterocycles. The second-order valence-corrected chi connectivity index (χ2v) is 4.51. The van der Waals surface area contributed by atoms with E-state index >= 15 is 0 Å². The summed E-state index contributed by atoms with van der Waals surface area (Å²) in [6, 6.07) is 0. The minimum absolute atomic E-state index is 0.172. The molecule has 0 amide bonds. The first-order chi connectivity index (χ1) is 9.10. The van der Waals surface area contributed by atoms with Gasteiger partial charge in [-0.25, -0.2) is 0 Å². The van der Waals surface area contributed by atoms with Crippen molar-refractivity contribution in [3.63, 3.8) is 0 Å². The lowest BCUT2D eigenvalue weighted by atomic mass is 10.3. The Morgan fingerprint density at radius 2 is 0.842 bits per heavy atom. The Kier molecular flexibility index (Phi) is 34.0. The lowest BCUT2D eigenvalue weighted by Crippen LogP contribution is -1.95. The average molecular weight is 302 g/mol. The van der Waals surface area contributed by atoms with Crippen LogP contribution in [0, 0.1) is 0 Å². The molecule has 0 rings (SSSR count). The minimum Gasteiger partial charge on any atom is -0.396 e. The van der Waals surface area contributed by atoms with Gasteiger partial charge in [0.25, 0.3) is 0 Å². The SMILES string of the molecule is OCCCC(O)P.OCCCCO.OCCCCO. The van der Waals surface area contributed by atoms with Gasteiger partial charge in [0.05, 0.1) is 5.85 Å². The number of aliphatic hydroxyl groups is 6. The van der Waals surface area contributed by atoms with Crippen LogP contribution in [-0.4, -0.2) is 69.5 Å². The van der Waals surface area contributed by atoms with Crippen molar-refractivity contribution >= 4 is 9.24 Å². The fourth-order valence-corrected chi connectivity index (χ4v) is 0.983. The summed E-state index contributed by atoms with van der Waals surface area (Å²) in [6.07, 6.45) is 4.23. The molecule has 0 saturated carbocycles. The zero-order valence-electron chi connectivity index (χ0n) is 11.6. The fourth-order valence-electron chi connectivity index (χ4n) is 0.748. The van der Waals surface area contributed by atoms with Crippen LogP contribution in [0.1, 0.15) is 38.5 Å². The van der Waals surface area contributed by atoms with E-state index in [1.807, 2.05) is 0 Å². The van der Waals surface area contributed by atoms with Crippen molar-refractivity contribution in [1.29, 1.82) is 0 Å². The molecule has 2 atom stereocenters. The Morgan fingerprint density at radius 1 is 0.579 bits per heavy atom. The number of hydrogen-bond acceptors (Lipinski definition) is 6. The first-order valence-electron chi connectivity index (χ1n) is 6.58. The molecule has 0 saturated heterocycles. The summed E-state index contributed by atoms with van der Waals surface area (Å²) in [7, 11) is 2.25. The van der Waals surface area contributed by atoms with Crippen LogP contribution in [-0.2, 0) is 0 Å². The average Bonchev–Trinajstić information content (AvgIpc) is 2.41. The maximum atomic E-state index is 8.54. The maximum Gasteiger partial charge on any atom is 0.0674 e. The number of aliphatic hydroxyl groups excluding tert-OH is 6. The molecule has 0 bridgehead atoms. The number of hydrogen-bond donors (Lipinski definition) is 6. The van der Waals surface area contributed by atoms with Gasteiger partial charge in [-0.2, -0.15) is 0 Å². The van der Waals surface area contributed by atoms with Crippen LogP contribution in [0.25, 0.3) is 0 Å². The van der Waals surface area contributed by atoms with E-state index in [0.717, 1.165) is 25.7 Å². The van der Waals surface area contributed by atoms with Gasteiger partial charge in [0, 0.05) is 33.0 Å². The maximum absolute atomic E-state index is 8.54. The molecule has 0 aliphatic heterocycles. The molecule has 2 unspecified atom stereocenters.